The first-order chi connectivity index (χ1) is 8.92. The third-order valence-corrected chi connectivity index (χ3v) is 3.46. The average molecular weight is 263 g/mol. The molecular formula is C15H25N3O. The second-order valence-electron chi connectivity index (χ2n) is 5.02. The lowest BCUT2D eigenvalue weighted by Crippen LogP contribution is -2.33. The van der Waals surface area contributed by atoms with Crippen molar-refractivity contribution in [1.29, 1.82) is 0 Å². The topological polar surface area (TPSA) is 49.6 Å². The van der Waals surface area contributed by atoms with Gasteiger partial charge in [-0.3, -0.25) is 4.79 Å². The van der Waals surface area contributed by atoms with Crippen molar-refractivity contribution in [2.45, 2.75) is 33.2 Å². The fourth-order valence-corrected chi connectivity index (χ4v) is 2.12. The molecule has 2 N–H and O–H groups in total. The Morgan fingerprint density at radius 3 is 2.42 bits per heavy atom. The zero-order valence-corrected chi connectivity index (χ0v) is 12.6. The molecule has 0 fully saturated rings. The largest absolute Gasteiger partial charge is 0.397 e. The van der Waals surface area contributed by atoms with Gasteiger partial charge >= 0.3 is 0 Å². The molecule has 0 saturated carbocycles. The zero-order valence-electron chi connectivity index (χ0n) is 12.6. The predicted molar refractivity (Wildman–Crippen MR) is 81.6 cm³/mol. The number of rotatable bonds is 5. The van der Waals surface area contributed by atoms with Crippen LogP contribution in [0.15, 0.2) is 18.2 Å². The van der Waals surface area contributed by atoms with Crippen molar-refractivity contribution in [2.24, 2.45) is 0 Å². The van der Waals surface area contributed by atoms with Gasteiger partial charge in [-0.25, -0.2) is 0 Å². The van der Waals surface area contributed by atoms with Crippen LogP contribution in [0.2, 0.25) is 0 Å². The zero-order chi connectivity index (χ0) is 14.6. The third-order valence-electron chi connectivity index (χ3n) is 3.46. The Bertz CT molecular complexity index is 443. The molecule has 1 atom stereocenters. The summed E-state index contributed by atoms with van der Waals surface area (Å²) >= 11 is 0. The highest BCUT2D eigenvalue weighted by atomic mass is 16.2. The van der Waals surface area contributed by atoms with Crippen LogP contribution in [0.1, 0.15) is 37.6 Å². The molecule has 0 spiro atoms. The Hall–Kier alpha value is -1.71. The third kappa shape index (κ3) is 3.40. The van der Waals surface area contributed by atoms with Crippen molar-refractivity contribution >= 4 is 17.3 Å². The average Bonchev–Trinajstić information content (AvgIpc) is 2.40. The Kier molecular flexibility index (Phi) is 5.21. The van der Waals surface area contributed by atoms with E-state index in [0.29, 0.717) is 11.6 Å². The second-order valence-corrected chi connectivity index (χ2v) is 5.02. The molecule has 0 saturated heterocycles. The lowest BCUT2D eigenvalue weighted by atomic mass is 10.1. The van der Waals surface area contributed by atoms with Gasteiger partial charge in [0.25, 0.3) is 5.91 Å². The van der Waals surface area contributed by atoms with Crippen LogP contribution in [0.4, 0.5) is 11.4 Å². The van der Waals surface area contributed by atoms with Crippen molar-refractivity contribution in [3.8, 4) is 0 Å². The molecule has 0 aliphatic carbocycles. The van der Waals surface area contributed by atoms with E-state index in [9.17, 15) is 4.79 Å². The minimum atomic E-state index is 0.00135. The monoisotopic (exact) mass is 263 g/mol. The van der Waals surface area contributed by atoms with Gasteiger partial charge < -0.3 is 15.5 Å². The van der Waals surface area contributed by atoms with Crippen LogP contribution in [0.25, 0.3) is 0 Å². The van der Waals surface area contributed by atoms with E-state index in [0.717, 1.165) is 24.3 Å². The van der Waals surface area contributed by atoms with Crippen LogP contribution in [0, 0.1) is 0 Å². The van der Waals surface area contributed by atoms with Gasteiger partial charge in [-0.1, -0.05) is 6.92 Å². The number of nitrogens with zero attached hydrogens (tertiary/aromatic N) is 2. The number of amides is 1. The first kappa shape index (κ1) is 15.3. The number of hydrogen-bond acceptors (Lipinski definition) is 3. The van der Waals surface area contributed by atoms with Gasteiger partial charge in [-0.15, -0.1) is 0 Å². The Morgan fingerprint density at radius 1 is 1.32 bits per heavy atom. The van der Waals surface area contributed by atoms with Crippen LogP contribution in [-0.4, -0.2) is 37.5 Å². The number of carbonyl (C=O) groups excluding carboxylic acids is 1. The molecule has 0 radical (unpaired) electrons. The summed E-state index contributed by atoms with van der Waals surface area (Å²) < 4.78 is 0. The van der Waals surface area contributed by atoms with Crippen LogP contribution in [-0.2, 0) is 0 Å². The first-order valence-electron chi connectivity index (χ1n) is 6.80. The van der Waals surface area contributed by atoms with E-state index in [4.69, 9.17) is 5.73 Å². The van der Waals surface area contributed by atoms with Crippen molar-refractivity contribution in [3.63, 3.8) is 0 Å². The molecule has 106 valence electrons. The summed E-state index contributed by atoms with van der Waals surface area (Å²) in [5, 5.41) is 0. The van der Waals surface area contributed by atoms with E-state index < -0.39 is 0 Å². The van der Waals surface area contributed by atoms with Crippen LogP contribution >= 0.6 is 0 Å². The number of hydrogen-bond donors (Lipinski definition) is 1. The highest BCUT2D eigenvalue weighted by Gasteiger charge is 2.16. The minimum absolute atomic E-state index is 0.00135. The molecule has 0 aliphatic rings. The normalized spacial score (nSPS) is 12.1. The van der Waals surface area contributed by atoms with Gasteiger partial charge in [-0.2, -0.15) is 0 Å². The standard InChI is InChI=1S/C15H25N3O/c1-6-11(3)18(7-2)14-10-12(8-9-13(14)16)15(19)17(4)5/h8-11H,6-7,16H2,1-5H3. The molecule has 0 heterocycles. The molecule has 0 bridgehead atoms. The van der Waals surface area contributed by atoms with Crippen LogP contribution in [0.3, 0.4) is 0 Å². The molecule has 4 heteroatoms. The van der Waals surface area contributed by atoms with E-state index in [1.165, 1.54) is 0 Å². The van der Waals surface area contributed by atoms with Crippen molar-refractivity contribution in [2.75, 3.05) is 31.3 Å². The molecule has 1 aromatic carbocycles. The number of nitrogen functional groups attached to an aromatic ring is 1. The maximum absolute atomic E-state index is 12.0. The van der Waals surface area contributed by atoms with Gasteiger partial charge in [0.05, 0.1) is 11.4 Å². The Labute approximate surface area is 116 Å². The molecule has 4 nitrogen and oxygen atoms in total. The van der Waals surface area contributed by atoms with Crippen molar-refractivity contribution in [1.82, 2.24) is 4.90 Å². The lowest BCUT2D eigenvalue weighted by Gasteiger charge is -2.31. The molecular weight excluding hydrogens is 238 g/mol. The maximum Gasteiger partial charge on any atom is 0.253 e. The molecule has 1 unspecified atom stereocenters. The summed E-state index contributed by atoms with van der Waals surface area (Å²) in [5.41, 5.74) is 8.41. The molecule has 1 aromatic rings. The Morgan fingerprint density at radius 2 is 1.95 bits per heavy atom. The minimum Gasteiger partial charge on any atom is -0.397 e. The van der Waals surface area contributed by atoms with Crippen molar-refractivity contribution < 1.29 is 4.79 Å². The van der Waals surface area contributed by atoms with Crippen molar-refractivity contribution in [3.05, 3.63) is 23.8 Å². The molecule has 1 rings (SSSR count). The summed E-state index contributed by atoms with van der Waals surface area (Å²) in [6.45, 7) is 7.30. The van der Waals surface area contributed by atoms with Gasteiger partial charge in [0, 0.05) is 32.2 Å². The Balaban J connectivity index is 3.19. The number of carbonyl (C=O) groups is 1. The summed E-state index contributed by atoms with van der Waals surface area (Å²) in [6, 6.07) is 5.90. The second kappa shape index (κ2) is 6.45. The smallest absolute Gasteiger partial charge is 0.253 e. The molecule has 19 heavy (non-hydrogen) atoms. The van der Waals surface area contributed by atoms with Gasteiger partial charge in [-0.05, 0) is 38.5 Å². The quantitative estimate of drug-likeness (QED) is 0.831. The highest BCUT2D eigenvalue weighted by Crippen LogP contribution is 2.27. The maximum atomic E-state index is 12.0. The summed E-state index contributed by atoms with van der Waals surface area (Å²) in [6.07, 6.45) is 1.04. The van der Waals surface area contributed by atoms with Gasteiger partial charge in [0.15, 0.2) is 0 Å². The number of nitrogens with two attached hydrogens (primary N) is 1. The van der Waals surface area contributed by atoms with E-state index in [1.54, 1.807) is 25.1 Å². The van der Waals surface area contributed by atoms with Crippen LogP contribution < -0.4 is 10.6 Å². The van der Waals surface area contributed by atoms with Gasteiger partial charge in [0.2, 0.25) is 0 Å². The summed E-state index contributed by atoms with van der Waals surface area (Å²) in [5.74, 6) is 0.00135. The first-order valence-corrected chi connectivity index (χ1v) is 6.80. The van der Waals surface area contributed by atoms with Crippen LogP contribution in [0.5, 0.6) is 0 Å². The van der Waals surface area contributed by atoms with E-state index in [2.05, 4.69) is 25.7 Å². The molecule has 0 aliphatic heterocycles. The fraction of sp³-hybridized carbons (Fsp3) is 0.533. The van der Waals surface area contributed by atoms with Gasteiger partial charge in [0.1, 0.15) is 0 Å². The molecule has 0 aromatic heterocycles. The number of anilines is 2. The predicted octanol–water partition coefficient (Wildman–Crippen LogP) is 2.60. The molecule has 1 amide bonds. The van der Waals surface area contributed by atoms with E-state index in [-0.39, 0.29) is 5.91 Å². The SMILES string of the molecule is CCC(C)N(CC)c1cc(C(=O)N(C)C)ccc1N. The van der Waals surface area contributed by atoms with E-state index >= 15 is 0 Å². The summed E-state index contributed by atoms with van der Waals surface area (Å²) in [7, 11) is 3.51. The fourth-order valence-electron chi connectivity index (χ4n) is 2.12. The lowest BCUT2D eigenvalue weighted by molar-refractivity contribution is 0.0827. The summed E-state index contributed by atoms with van der Waals surface area (Å²) in [4.78, 5) is 15.8. The number of benzene rings is 1. The highest BCUT2D eigenvalue weighted by molar-refractivity contribution is 5.96. The van der Waals surface area contributed by atoms with E-state index in [1.807, 2.05) is 12.1 Å².